The highest BCUT2D eigenvalue weighted by molar-refractivity contribution is 6.05. The SMILES string of the molecule is COc1ccc(NC(=O)C2CCCN(c3cnccn3)C2)cc1NC(=O)c1cccc(F)c1. The molecule has 170 valence electrons. The van der Waals surface area contributed by atoms with Crippen molar-refractivity contribution < 1.29 is 18.7 Å². The second-order valence-corrected chi connectivity index (χ2v) is 7.72. The third-order valence-electron chi connectivity index (χ3n) is 5.47. The molecule has 1 saturated heterocycles. The molecule has 1 aliphatic heterocycles. The van der Waals surface area contributed by atoms with Gasteiger partial charge in [-0.2, -0.15) is 0 Å². The molecule has 1 atom stereocenters. The number of benzene rings is 2. The molecule has 0 saturated carbocycles. The largest absolute Gasteiger partial charge is 0.495 e. The number of anilines is 3. The number of amides is 2. The predicted octanol–water partition coefficient (Wildman–Crippen LogP) is 3.73. The van der Waals surface area contributed by atoms with Gasteiger partial charge in [0.25, 0.3) is 5.91 Å². The Balaban J connectivity index is 1.45. The van der Waals surface area contributed by atoms with Crippen molar-refractivity contribution in [2.45, 2.75) is 12.8 Å². The van der Waals surface area contributed by atoms with E-state index in [1.165, 1.54) is 25.3 Å². The lowest BCUT2D eigenvalue weighted by molar-refractivity contribution is -0.120. The molecule has 0 radical (unpaired) electrons. The number of carbonyl (C=O) groups excluding carboxylic acids is 2. The average molecular weight is 449 g/mol. The van der Waals surface area contributed by atoms with E-state index in [9.17, 15) is 14.0 Å². The number of methoxy groups -OCH3 is 1. The van der Waals surface area contributed by atoms with Crippen molar-refractivity contribution in [3.63, 3.8) is 0 Å². The molecule has 1 unspecified atom stereocenters. The van der Waals surface area contributed by atoms with Gasteiger partial charge in [0, 0.05) is 36.7 Å². The molecule has 0 bridgehead atoms. The molecule has 1 fully saturated rings. The summed E-state index contributed by atoms with van der Waals surface area (Å²) in [5.41, 5.74) is 1.07. The monoisotopic (exact) mass is 449 g/mol. The topological polar surface area (TPSA) is 96.4 Å². The van der Waals surface area contributed by atoms with Crippen LogP contribution in [0.1, 0.15) is 23.2 Å². The normalized spacial score (nSPS) is 15.6. The Bertz CT molecular complexity index is 1140. The molecule has 2 N–H and O–H groups in total. The van der Waals surface area contributed by atoms with Gasteiger partial charge >= 0.3 is 0 Å². The number of hydrogen-bond acceptors (Lipinski definition) is 6. The first-order chi connectivity index (χ1) is 16.0. The second kappa shape index (κ2) is 10.1. The van der Waals surface area contributed by atoms with Crippen molar-refractivity contribution >= 4 is 29.0 Å². The third-order valence-corrected chi connectivity index (χ3v) is 5.47. The summed E-state index contributed by atoms with van der Waals surface area (Å²) < 4.78 is 18.8. The zero-order chi connectivity index (χ0) is 23.2. The Hall–Kier alpha value is -4.01. The summed E-state index contributed by atoms with van der Waals surface area (Å²) in [6, 6.07) is 10.4. The lowest BCUT2D eigenvalue weighted by atomic mass is 9.97. The van der Waals surface area contributed by atoms with Crippen LogP contribution in [-0.2, 0) is 4.79 Å². The fourth-order valence-corrected chi connectivity index (χ4v) is 3.81. The number of carbonyl (C=O) groups is 2. The van der Waals surface area contributed by atoms with E-state index < -0.39 is 11.7 Å². The van der Waals surface area contributed by atoms with E-state index in [-0.39, 0.29) is 17.4 Å². The lowest BCUT2D eigenvalue weighted by Gasteiger charge is -2.32. The quantitative estimate of drug-likeness (QED) is 0.595. The molecule has 0 aliphatic carbocycles. The number of aromatic nitrogens is 2. The van der Waals surface area contributed by atoms with Crippen LogP contribution in [-0.4, -0.2) is 42.0 Å². The van der Waals surface area contributed by atoms with Crippen LogP contribution in [0.15, 0.2) is 61.1 Å². The van der Waals surface area contributed by atoms with E-state index in [1.807, 2.05) is 0 Å². The highest BCUT2D eigenvalue weighted by Crippen LogP contribution is 2.29. The fraction of sp³-hybridized carbons (Fsp3) is 0.250. The number of nitrogens with zero attached hydrogens (tertiary/aromatic N) is 3. The van der Waals surface area contributed by atoms with Gasteiger partial charge in [0.1, 0.15) is 17.4 Å². The molecular formula is C24H24FN5O3. The van der Waals surface area contributed by atoms with Gasteiger partial charge in [-0.15, -0.1) is 0 Å². The maximum atomic E-state index is 13.5. The number of rotatable bonds is 6. The standard InChI is InChI=1S/C24H24FN5O3/c1-33-21-8-7-19(13-20(21)29-23(31)16-4-2-6-18(25)12-16)28-24(32)17-5-3-11-30(15-17)22-14-26-9-10-27-22/h2,4,6-10,12-14,17H,3,5,11,15H2,1H3,(H,28,32)(H,29,31). The molecule has 2 aromatic carbocycles. The Morgan fingerprint density at radius 2 is 2.03 bits per heavy atom. The van der Waals surface area contributed by atoms with Gasteiger partial charge in [0.15, 0.2) is 0 Å². The summed E-state index contributed by atoms with van der Waals surface area (Å²) >= 11 is 0. The number of hydrogen-bond donors (Lipinski definition) is 2. The summed E-state index contributed by atoms with van der Waals surface area (Å²) in [7, 11) is 1.48. The summed E-state index contributed by atoms with van der Waals surface area (Å²) in [4.78, 5) is 36.0. The smallest absolute Gasteiger partial charge is 0.255 e. The number of ether oxygens (including phenoxy) is 1. The van der Waals surface area contributed by atoms with Crippen LogP contribution >= 0.6 is 0 Å². The van der Waals surface area contributed by atoms with E-state index in [4.69, 9.17) is 4.74 Å². The number of halogens is 1. The average Bonchev–Trinajstić information content (AvgIpc) is 2.85. The highest BCUT2D eigenvalue weighted by atomic mass is 19.1. The number of piperidine rings is 1. The van der Waals surface area contributed by atoms with Crippen LogP contribution in [0.25, 0.3) is 0 Å². The van der Waals surface area contributed by atoms with E-state index in [1.54, 1.807) is 36.8 Å². The minimum absolute atomic E-state index is 0.115. The molecule has 8 nitrogen and oxygen atoms in total. The van der Waals surface area contributed by atoms with Gasteiger partial charge in [-0.1, -0.05) is 6.07 Å². The molecular weight excluding hydrogens is 425 g/mol. The Labute approximate surface area is 190 Å². The van der Waals surface area contributed by atoms with Crippen molar-refractivity contribution in [3.8, 4) is 5.75 Å². The molecule has 0 spiro atoms. The molecule has 33 heavy (non-hydrogen) atoms. The van der Waals surface area contributed by atoms with Gasteiger partial charge in [0.05, 0.1) is 24.9 Å². The first kappa shape index (κ1) is 22.2. The first-order valence-electron chi connectivity index (χ1n) is 10.6. The van der Waals surface area contributed by atoms with Crippen molar-refractivity contribution in [2.24, 2.45) is 5.92 Å². The fourth-order valence-electron chi connectivity index (χ4n) is 3.81. The summed E-state index contributed by atoms with van der Waals surface area (Å²) in [5.74, 6) is -0.141. The third kappa shape index (κ3) is 5.43. The molecule has 3 aromatic rings. The molecule has 1 aromatic heterocycles. The van der Waals surface area contributed by atoms with Gasteiger partial charge in [-0.05, 0) is 49.2 Å². The maximum absolute atomic E-state index is 13.5. The molecule has 2 heterocycles. The lowest BCUT2D eigenvalue weighted by Crippen LogP contribution is -2.41. The zero-order valence-electron chi connectivity index (χ0n) is 18.1. The highest BCUT2D eigenvalue weighted by Gasteiger charge is 2.27. The molecule has 9 heteroatoms. The van der Waals surface area contributed by atoms with E-state index >= 15 is 0 Å². The number of nitrogens with one attached hydrogen (secondary N) is 2. The van der Waals surface area contributed by atoms with Crippen molar-refractivity contribution in [1.82, 2.24) is 9.97 Å². The second-order valence-electron chi connectivity index (χ2n) is 7.72. The van der Waals surface area contributed by atoms with Crippen molar-refractivity contribution in [2.75, 3.05) is 35.7 Å². The van der Waals surface area contributed by atoms with Gasteiger partial charge in [0.2, 0.25) is 5.91 Å². The minimum atomic E-state index is -0.501. The molecule has 2 amide bonds. The van der Waals surface area contributed by atoms with E-state index in [0.29, 0.717) is 23.7 Å². The van der Waals surface area contributed by atoms with E-state index in [0.717, 1.165) is 31.3 Å². The van der Waals surface area contributed by atoms with Crippen molar-refractivity contribution in [3.05, 3.63) is 72.4 Å². The van der Waals surface area contributed by atoms with Crippen LogP contribution in [0.4, 0.5) is 21.6 Å². The molecule has 1 aliphatic rings. The summed E-state index contributed by atoms with van der Waals surface area (Å²) in [5, 5.41) is 5.65. The zero-order valence-corrected chi connectivity index (χ0v) is 18.1. The van der Waals surface area contributed by atoms with Crippen molar-refractivity contribution in [1.29, 1.82) is 0 Å². The van der Waals surface area contributed by atoms with Gasteiger partial charge < -0.3 is 20.3 Å². The van der Waals surface area contributed by atoms with Gasteiger partial charge in [-0.25, -0.2) is 9.37 Å². The predicted molar refractivity (Wildman–Crippen MR) is 123 cm³/mol. The Morgan fingerprint density at radius 1 is 1.15 bits per heavy atom. The summed E-state index contributed by atoms with van der Waals surface area (Å²) in [6.07, 6.45) is 6.58. The van der Waals surface area contributed by atoms with Crippen LogP contribution in [0.2, 0.25) is 0 Å². The minimum Gasteiger partial charge on any atom is -0.495 e. The first-order valence-corrected chi connectivity index (χ1v) is 10.6. The van der Waals surface area contributed by atoms with Gasteiger partial charge in [-0.3, -0.25) is 14.6 Å². The van der Waals surface area contributed by atoms with Crippen LogP contribution in [0.3, 0.4) is 0 Å². The van der Waals surface area contributed by atoms with Crippen LogP contribution in [0.5, 0.6) is 5.75 Å². The molecule has 4 rings (SSSR count). The van der Waals surface area contributed by atoms with Crippen LogP contribution < -0.4 is 20.3 Å². The van der Waals surface area contributed by atoms with Crippen LogP contribution in [0, 0.1) is 11.7 Å². The summed E-state index contributed by atoms with van der Waals surface area (Å²) in [6.45, 7) is 1.37. The Morgan fingerprint density at radius 3 is 2.79 bits per heavy atom. The maximum Gasteiger partial charge on any atom is 0.255 e. The Kier molecular flexibility index (Phi) is 6.77. The van der Waals surface area contributed by atoms with E-state index in [2.05, 4.69) is 25.5 Å².